The summed E-state index contributed by atoms with van der Waals surface area (Å²) in [6.07, 6.45) is 3.07. The summed E-state index contributed by atoms with van der Waals surface area (Å²) in [6, 6.07) is 9.47. The third-order valence-corrected chi connectivity index (χ3v) is 5.16. The predicted octanol–water partition coefficient (Wildman–Crippen LogP) is 1.96. The van der Waals surface area contributed by atoms with E-state index in [0.29, 0.717) is 12.1 Å². The van der Waals surface area contributed by atoms with Gasteiger partial charge in [-0.05, 0) is 44.5 Å². The van der Waals surface area contributed by atoms with Gasteiger partial charge in [0, 0.05) is 42.6 Å². The Bertz CT molecular complexity index is 930. The van der Waals surface area contributed by atoms with Crippen LogP contribution in [0.15, 0.2) is 30.5 Å². The van der Waals surface area contributed by atoms with Gasteiger partial charge in [-0.15, -0.1) is 5.10 Å². The number of imidazole rings is 1. The molecule has 1 N–H and O–H groups in total. The maximum absolute atomic E-state index is 4.93. The molecule has 0 unspecified atom stereocenters. The minimum atomic E-state index is 0.566. The summed E-state index contributed by atoms with van der Waals surface area (Å²) in [5, 5.41) is 8.48. The molecule has 2 aliphatic heterocycles. The van der Waals surface area contributed by atoms with E-state index in [1.807, 2.05) is 30.6 Å². The molecule has 6 nitrogen and oxygen atoms in total. The Labute approximate surface area is 140 Å². The number of pyridine rings is 1. The maximum Gasteiger partial charge on any atom is 0.154 e. The molecular weight excluding hydrogens is 300 g/mol. The van der Waals surface area contributed by atoms with Crippen LogP contribution in [0.1, 0.15) is 17.8 Å². The molecule has 122 valence electrons. The number of aromatic nitrogens is 4. The Kier molecular flexibility index (Phi) is 2.91. The number of hydrogen-bond acceptors (Lipinski definition) is 5. The molecule has 2 bridgehead atoms. The zero-order valence-electron chi connectivity index (χ0n) is 13.9. The van der Waals surface area contributed by atoms with Crippen molar-refractivity contribution in [2.24, 2.45) is 0 Å². The molecule has 5 heterocycles. The maximum atomic E-state index is 4.93. The number of aryl methyl sites for hydroxylation is 2. The molecule has 0 amide bonds. The fraction of sp³-hybridized carbons (Fsp3) is 0.389. The van der Waals surface area contributed by atoms with Crippen molar-refractivity contribution < 1.29 is 0 Å². The summed E-state index contributed by atoms with van der Waals surface area (Å²) >= 11 is 0. The average Bonchev–Trinajstić information content (AvgIpc) is 3.27. The standard InChI is InChI=1S/C18H20N6/c1-11-7-13(5-6-19-11)18-12(2)21-16-3-4-17(22-24(16)18)23-10-14-8-15(23)9-20-14/h3-7,14-15,20H,8-10H2,1-2H3/t14-,15+/m0/s1. The number of nitrogens with zero attached hydrogens (tertiary/aromatic N) is 5. The van der Waals surface area contributed by atoms with E-state index >= 15 is 0 Å². The van der Waals surface area contributed by atoms with E-state index in [2.05, 4.69) is 38.4 Å². The van der Waals surface area contributed by atoms with Crippen molar-refractivity contribution in [3.63, 3.8) is 0 Å². The SMILES string of the molecule is Cc1cc(-c2c(C)nc3ccc(N4C[C@@H]5C[C@@H]4CN5)nn23)ccn1. The second-order valence-corrected chi connectivity index (χ2v) is 6.84. The normalized spacial score (nSPS) is 22.7. The molecule has 3 aromatic rings. The van der Waals surface area contributed by atoms with E-state index < -0.39 is 0 Å². The van der Waals surface area contributed by atoms with Crippen LogP contribution in [0.25, 0.3) is 16.9 Å². The third kappa shape index (κ3) is 2.03. The van der Waals surface area contributed by atoms with Crippen LogP contribution in [-0.2, 0) is 0 Å². The molecular formula is C18H20N6. The average molecular weight is 320 g/mol. The third-order valence-electron chi connectivity index (χ3n) is 5.16. The van der Waals surface area contributed by atoms with Gasteiger partial charge in [-0.1, -0.05) is 0 Å². The molecule has 2 fully saturated rings. The lowest BCUT2D eigenvalue weighted by Gasteiger charge is -2.28. The van der Waals surface area contributed by atoms with E-state index in [0.717, 1.165) is 47.2 Å². The number of rotatable bonds is 2. The summed E-state index contributed by atoms with van der Waals surface area (Å²) < 4.78 is 1.98. The molecule has 0 radical (unpaired) electrons. The number of anilines is 1. The first-order valence-electron chi connectivity index (χ1n) is 8.48. The van der Waals surface area contributed by atoms with Crippen LogP contribution in [0.2, 0.25) is 0 Å². The van der Waals surface area contributed by atoms with Crippen LogP contribution < -0.4 is 10.2 Å². The number of nitrogens with one attached hydrogen (secondary N) is 1. The Balaban J connectivity index is 1.65. The van der Waals surface area contributed by atoms with Crippen LogP contribution in [0.3, 0.4) is 0 Å². The van der Waals surface area contributed by atoms with Crippen molar-refractivity contribution in [1.29, 1.82) is 0 Å². The highest BCUT2D eigenvalue weighted by Gasteiger charge is 2.38. The summed E-state index contributed by atoms with van der Waals surface area (Å²) in [5.41, 5.74) is 5.06. The minimum absolute atomic E-state index is 0.566. The summed E-state index contributed by atoms with van der Waals surface area (Å²) in [5.74, 6) is 1.04. The zero-order valence-corrected chi connectivity index (χ0v) is 13.9. The lowest BCUT2D eigenvalue weighted by Crippen LogP contribution is -2.44. The van der Waals surface area contributed by atoms with Gasteiger partial charge < -0.3 is 10.2 Å². The van der Waals surface area contributed by atoms with Gasteiger partial charge in [-0.3, -0.25) is 4.98 Å². The lowest BCUT2D eigenvalue weighted by molar-refractivity contribution is 0.573. The summed E-state index contributed by atoms with van der Waals surface area (Å²) in [7, 11) is 0. The Hall–Kier alpha value is -2.47. The van der Waals surface area contributed by atoms with Gasteiger partial charge in [-0.2, -0.15) is 0 Å². The van der Waals surface area contributed by atoms with Crippen LogP contribution in [0.5, 0.6) is 0 Å². The van der Waals surface area contributed by atoms with Crippen molar-refractivity contribution in [2.45, 2.75) is 32.4 Å². The van der Waals surface area contributed by atoms with Gasteiger partial charge in [-0.25, -0.2) is 9.50 Å². The number of piperazine rings is 1. The highest BCUT2D eigenvalue weighted by molar-refractivity contribution is 5.67. The van der Waals surface area contributed by atoms with Crippen molar-refractivity contribution >= 4 is 11.5 Å². The van der Waals surface area contributed by atoms with Crippen molar-refractivity contribution in [3.05, 3.63) is 41.9 Å². The Morgan fingerprint density at radius 1 is 1.21 bits per heavy atom. The highest BCUT2D eigenvalue weighted by Crippen LogP contribution is 2.30. The van der Waals surface area contributed by atoms with Crippen molar-refractivity contribution in [1.82, 2.24) is 24.9 Å². The fourth-order valence-corrected chi connectivity index (χ4v) is 4.05. The molecule has 0 aromatic carbocycles. The fourth-order valence-electron chi connectivity index (χ4n) is 4.05. The van der Waals surface area contributed by atoms with Crippen molar-refractivity contribution in [3.8, 4) is 11.3 Å². The molecule has 2 aliphatic rings. The number of fused-ring (bicyclic) bond motifs is 3. The topological polar surface area (TPSA) is 58.4 Å². The smallest absolute Gasteiger partial charge is 0.154 e. The largest absolute Gasteiger partial charge is 0.349 e. The van der Waals surface area contributed by atoms with Crippen LogP contribution in [-0.4, -0.2) is 44.8 Å². The van der Waals surface area contributed by atoms with Crippen LogP contribution in [0.4, 0.5) is 5.82 Å². The molecule has 2 atom stereocenters. The molecule has 0 spiro atoms. The van der Waals surface area contributed by atoms with Crippen molar-refractivity contribution in [2.75, 3.05) is 18.0 Å². The van der Waals surface area contributed by atoms with Gasteiger partial charge in [0.1, 0.15) is 5.82 Å². The van der Waals surface area contributed by atoms with E-state index in [9.17, 15) is 0 Å². The van der Waals surface area contributed by atoms with Gasteiger partial charge in [0.15, 0.2) is 5.65 Å². The lowest BCUT2D eigenvalue weighted by atomic mass is 10.1. The molecule has 6 heteroatoms. The second-order valence-electron chi connectivity index (χ2n) is 6.84. The van der Waals surface area contributed by atoms with Gasteiger partial charge >= 0.3 is 0 Å². The second kappa shape index (κ2) is 5.01. The first-order valence-corrected chi connectivity index (χ1v) is 8.48. The summed E-state index contributed by atoms with van der Waals surface area (Å²) in [6.45, 7) is 6.15. The Morgan fingerprint density at radius 2 is 2.12 bits per heavy atom. The highest BCUT2D eigenvalue weighted by atomic mass is 15.4. The molecule has 0 aliphatic carbocycles. The van der Waals surface area contributed by atoms with E-state index in [-0.39, 0.29) is 0 Å². The molecule has 3 aromatic heterocycles. The first-order chi connectivity index (χ1) is 11.7. The minimum Gasteiger partial charge on any atom is -0.349 e. The molecule has 0 saturated carbocycles. The van der Waals surface area contributed by atoms with E-state index in [4.69, 9.17) is 5.10 Å². The Morgan fingerprint density at radius 3 is 2.88 bits per heavy atom. The van der Waals surface area contributed by atoms with Gasteiger partial charge in [0.05, 0.1) is 11.4 Å². The summed E-state index contributed by atoms with van der Waals surface area (Å²) in [4.78, 5) is 11.4. The van der Waals surface area contributed by atoms with Gasteiger partial charge in [0.2, 0.25) is 0 Å². The van der Waals surface area contributed by atoms with Crippen LogP contribution in [0, 0.1) is 13.8 Å². The predicted molar refractivity (Wildman–Crippen MR) is 93.2 cm³/mol. The van der Waals surface area contributed by atoms with E-state index in [1.165, 1.54) is 6.42 Å². The zero-order chi connectivity index (χ0) is 16.3. The van der Waals surface area contributed by atoms with E-state index in [1.54, 1.807) is 0 Å². The van der Waals surface area contributed by atoms with Gasteiger partial charge in [0.25, 0.3) is 0 Å². The van der Waals surface area contributed by atoms with Crippen LogP contribution >= 0.6 is 0 Å². The molecule has 2 saturated heterocycles. The quantitative estimate of drug-likeness (QED) is 0.782. The first kappa shape index (κ1) is 13.9. The number of hydrogen-bond donors (Lipinski definition) is 1. The monoisotopic (exact) mass is 320 g/mol. The molecule has 24 heavy (non-hydrogen) atoms. The molecule has 5 rings (SSSR count).